The van der Waals surface area contributed by atoms with Gasteiger partial charge in [0.2, 0.25) is 0 Å². The van der Waals surface area contributed by atoms with Crippen LogP contribution in [0.1, 0.15) is 5.82 Å². The Morgan fingerprint density at radius 1 is 1.20 bits per heavy atom. The molecule has 0 bridgehead atoms. The second kappa shape index (κ2) is 3.83. The molecule has 0 spiro atoms. The van der Waals surface area contributed by atoms with Gasteiger partial charge in [-0.1, -0.05) is 23.2 Å². The minimum atomic E-state index is 0.410. The average Bonchev–Trinajstić information content (AvgIpc) is 2.16. The SMILES string of the molecule is COc1cc2c(Cl)nc(C)nc2cc1Cl. The normalized spacial score (nSPS) is 10.7. The summed E-state index contributed by atoms with van der Waals surface area (Å²) >= 11 is 12.0. The molecule has 0 amide bonds. The first-order valence-electron chi connectivity index (χ1n) is 4.29. The lowest BCUT2D eigenvalue weighted by Crippen LogP contribution is -1.92. The second-order valence-corrected chi connectivity index (χ2v) is 3.83. The molecule has 5 heteroatoms. The molecule has 0 N–H and O–H groups in total. The molecule has 2 aromatic rings. The summed E-state index contributed by atoms with van der Waals surface area (Å²) in [4.78, 5) is 8.30. The number of hydrogen-bond donors (Lipinski definition) is 0. The van der Waals surface area contributed by atoms with Crippen molar-refractivity contribution < 1.29 is 4.74 Å². The molecule has 2 rings (SSSR count). The molecule has 78 valence electrons. The van der Waals surface area contributed by atoms with E-state index in [0.717, 1.165) is 10.9 Å². The van der Waals surface area contributed by atoms with Crippen LogP contribution in [0.3, 0.4) is 0 Å². The molecule has 1 aromatic carbocycles. The minimum Gasteiger partial charge on any atom is -0.495 e. The van der Waals surface area contributed by atoms with E-state index < -0.39 is 0 Å². The minimum absolute atomic E-state index is 0.410. The Hall–Kier alpha value is -1.06. The van der Waals surface area contributed by atoms with E-state index in [0.29, 0.717) is 21.7 Å². The van der Waals surface area contributed by atoms with Crippen LogP contribution in [0.25, 0.3) is 10.9 Å². The molecule has 0 atom stereocenters. The van der Waals surface area contributed by atoms with Crippen LogP contribution in [0.15, 0.2) is 12.1 Å². The third-order valence-corrected chi connectivity index (χ3v) is 2.62. The third kappa shape index (κ3) is 1.85. The van der Waals surface area contributed by atoms with Gasteiger partial charge >= 0.3 is 0 Å². The highest BCUT2D eigenvalue weighted by atomic mass is 35.5. The van der Waals surface area contributed by atoms with Crippen molar-refractivity contribution in [2.75, 3.05) is 7.11 Å². The van der Waals surface area contributed by atoms with E-state index in [-0.39, 0.29) is 0 Å². The number of hydrogen-bond acceptors (Lipinski definition) is 3. The fraction of sp³-hybridized carbons (Fsp3) is 0.200. The number of methoxy groups -OCH3 is 1. The van der Waals surface area contributed by atoms with Gasteiger partial charge in [0.05, 0.1) is 17.6 Å². The van der Waals surface area contributed by atoms with Crippen molar-refractivity contribution >= 4 is 34.1 Å². The Labute approximate surface area is 97.0 Å². The summed E-state index contributed by atoms with van der Waals surface area (Å²) in [5.41, 5.74) is 0.721. The summed E-state index contributed by atoms with van der Waals surface area (Å²) < 4.78 is 5.09. The van der Waals surface area contributed by atoms with Crippen LogP contribution in [0.4, 0.5) is 0 Å². The van der Waals surface area contributed by atoms with Crippen LogP contribution in [-0.2, 0) is 0 Å². The maximum absolute atomic E-state index is 5.99. The number of nitrogens with zero attached hydrogens (tertiary/aromatic N) is 2. The molecule has 0 aliphatic rings. The van der Waals surface area contributed by atoms with Crippen molar-refractivity contribution in [2.45, 2.75) is 6.92 Å². The molecule has 0 aliphatic carbocycles. The van der Waals surface area contributed by atoms with Gasteiger partial charge in [-0.2, -0.15) is 0 Å². The molecule has 3 nitrogen and oxygen atoms in total. The predicted molar refractivity (Wildman–Crippen MR) is 60.8 cm³/mol. The molecule has 0 fully saturated rings. The van der Waals surface area contributed by atoms with Gasteiger partial charge in [-0.25, -0.2) is 9.97 Å². The molecule has 0 unspecified atom stereocenters. The zero-order valence-corrected chi connectivity index (χ0v) is 9.73. The van der Waals surface area contributed by atoms with Crippen molar-refractivity contribution in [3.63, 3.8) is 0 Å². The van der Waals surface area contributed by atoms with Crippen LogP contribution in [0.5, 0.6) is 5.75 Å². The fourth-order valence-electron chi connectivity index (χ4n) is 1.36. The number of fused-ring (bicyclic) bond motifs is 1. The quantitative estimate of drug-likeness (QED) is 0.721. The van der Waals surface area contributed by atoms with E-state index in [1.54, 1.807) is 26.2 Å². The van der Waals surface area contributed by atoms with Crippen molar-refractivity contribution in [1.82, 2.24) is 9.97 Å². The van der Waals surface area contributed by atoms with E-state index >= 15 is 0 Å². The standard InChI is InChI=1S/C10H8Cl2N2O/c1-5-13-8-4-7(11)9(15-2)3-6(8)10(12)14-5/h3-4H,1-2H3. The Kier molecular flexibility index (Phi) is 2.67. The smallest absolute Gasteiger partial charge is 0.140 e. The Bertz CT molecular complexity index is 528. The number of ether oxygens (including phenoxy) is 1. The van der Waals surface area contributed by atoms with Crippen LogP contribution in [0.2, 0.25) is 10.2 Å². The van der Waals surface area contributed by atoms with Gasteiger partial charge in [-0.3, -0.25) is 0 Å². The molecule has 1 heterocycles. The zero-order valence-electron chi connectivity index (χ0n) is 8.21. The molecule has 0 aliphatic heterocycles. The van der Waals surface area contributed by atoms with Crippen LogP contribution < -0.4 is 4.74 Å². The molecule has 0 saturated heterocycles. The number of halogens is 2. The number of aromatic nitrogens is 2. The monoisotopic (exact) mass is 242 g/mol. The van der Waals surface area contributed by atoms with Crippen molar-refractivity contribution in [1.29, 1.82) is 0 Å². The first kappa shape index (κ1) is 10.5. The molecule has 0 radical (unpaired) electrons. The molecule has 0 saturated carbocycles. The van der Waals surface area contributed by atoms with Crippen molar-refractivity contribution in [2.24, 2.45) is 0 Å². The van der Waals surface area contributed by atoms with Crippen molar-refractivity contribution in [3.05, 3.63) is 28.1 Å². The molecular weight excluding hydrogens is 235 g/mol. The first-order valence-corrected chi connectivity index (χ1v) is 5.05. The van der Waals surface area contributed by atoms with Crippen molar-refractivity contribution in [3.8, 4) is 5.75 Å². The second-order valence-electron chi connectivity index (χ2n) is 3.07. The lowest BCUT2D eigenvalue weighted by atomic mass is 10.2. The summed E-state index contributed by atoms with van der Waals surface area (Å²) in [5, 5.41) is 1.66. The third-order valence-electron chi connectivity index (χ3n) is 2.03. The highest BCUT2D eigenvalue weighted by Crippen LogP contribution is 2.31. The summed E-state index contributed by atoms with van der Waals surface area (Å²) in [6.07, 6.45) is 0. The van der Waals surface area contributed by atoms with Gasteiger partial charge in [0.25, 0.3) is 0 Å². The van der Waals surface area contributed by atoms with Crippen LogP contribution >= 0.6 is 23.2 Å². The molecular formula is C10H8Cl2N2O. The largest absolute Gasteiger partial charge is 0.495 e. The summed E-state index contributed by atoms with van der Waals surface area (Å²) in [6, 6.07) is 3.45. The highest BCUT2D eigenvalue weighted by molar-refractivity contribution is 6.35. The van der Waals surface area contributed by atoms with Gasteiger partial charge in [0.1, 0.15) is 16.7 Å². The van der Waals surface area contributed by atoms with Gasteiger partial charge in [0, 0.05) is 5.39 Å². The van der Waals surface area contributed by atoms with Gasteiger partial charge in [-0.05, 0) is 19.1 Å². The lowest BCUT2D eigenvalue weighted by Gasteiger charge is -2.06. The number of aryl methyl sites for hydroxylation is 1. The van der Waals surface area contributed by atoms with E-state index in [2.05, 4.69) is 9.97 Å². The highest BCUT2D eigenvalue weighted by Gasteiger charge is 2.08. The fourth-order valence-corrected chi connectivity index (χ4v) is 1.87. The molecule has 15 heavy (non-hydrogen) atoms. The number of rotatable bonds is 1. The lowest BCUT2D eigenvalue weighted by molar-refractivity contribution is 0.415. The Morgan fingerprint density at radius 2 is 1.93 bits per heavy atom. The molecule has 1 aromatic heterocycles. The van der Waals surface area contributed by atoms with E-state index in [9.17, 15) is 0 Å². The van der Waals surface area contributed by atoms with Gasteiger partial charge in [-0.15, -0.1) is 0 Å². The van der Waals surface area contributed by atoms with Gasteiger partial charge < -0.3 is 4.74 Å². The van der Waals surface area contributed by atoms with E-state index in [4.69, 9.17) is 27.9 Å². The zero-order chi connectivity index (χ0) is 11.0. The maximum atomic E-state index is 5.99. The van der Waals surface area contributed by atoms with Gasteiger partial charge in [0.15, 0.2) is 0 Å². The Morgan fingerprint density at radius 3 is 2.60 bits per heavy atom. The summed E-state index contributed by atoms with van der Waals surface area (Å²) in [7, 11) is 1.55. The maximum Gasteiger partial charge on any atom is 0.140 e. The van der Waals surface area contributed by atoms with E-state index in [1.807, 2.05) is 0 Å². The van der Waals surface area contributed by atoms with Crippen LogP contribution in [0, 0.1) is 6.92 Å². The summed E-state index contributed by atoms with van der Waals surface area (Å²) in [6.45, 7) is 1.78. The average molecular weight is 243 g/mol. The first-order chi connectivity index (χ1) is 7.11. The van der Waals surface area contributed by atoms with E-state index in [1.165, 1.54) is 0 Å². The predicted octanol–water partition coefficient (Wildman–Crippen LogP) is 3.25. The topological polar surface area (TPSA) is 35.0 Å². The van der Waals surface area contributed by atoms with Crippen LogP contribution in [-0.4, -0.2) is 17.1 Å². The number of benzene rings is 1. The Balaban J connectivity index is 2.81. The summed E-state index contributed by atoms with van der Waals surface area (Å²) in [5.74, 6) is 1.19.